The number of nitrogens with one attached hydrogen (secondary N) is 1. The van der Waals surface area contributed by atoms with E-state index in [2.05, 4.69) is 40.2 Å². The molecule has 2 heterocycles. The van der Waals surface area contributed by atoms with E-state index < -0.39 is 0 Å². The van der Waals surface area contributed by atoms with Gasteiger partial charge in [0, 0.05) is 16.3 Å². The molecule has 6 heteroatoms. The molecule has 1 unspecified atom stereocenters. The number of halogens is 1. The minimum absolute atomic E-state index is 0.142. The average molecular weight is 468 g/mol. The van der Waals surface area contributed by atoms with Crippen molar-refractivity contribution in [3.63, 3.8) is 0 Å². The first-order valence-electron chi connectivity index (χ1n) is 11.1. The molecule has 0 radical (unpaired) electrons. The molecule has 1 N–H and O–H groups in total. The number of nitrogens with zero attached hydrogens (tertiary/aromatic N) is 2. The summed E-state index contributed by atoms with van der Waals surface area (Å²) in [6.07, 6.45) is -0.142. The predicted molar refractivity (Wildman–Crippen MR) is 136 cm³/mol. The van der Waals surface area contributed by atoms with E-state index in [4.69, 9.17) is 26.1 Å². The molecule has 1 atom stereocenters. The Morgan fingerprint density at radius 3 is 2.56 bits per heavy atom. The zero-order valence-electron chi connectivity index (χ0n) is 18.5. The van der Waals surface area contributed by atoms with Gasteiger partial charge in [-0.15, -0.1) is 0 Å². The molecule has 5 nitrogen and oxygen atoms in total. The quantitative estimate of drug-likeness (QED) is 0.305. The lowest BCUT2D eigenvalue weighted by Crippen LogP contribution is -2.24. The minimum Gasteiger partial charge on any atom is -0.493 e. The normalized spacial score (nSPS) is 14.2. The first-order chi connectivity index (χ1) is 16.7. The summed E-state index contributed by atoms with van der Waals surface area (Å²) in [6, 6.07) is 30.2. The summed E-state index contributed by atoms with van der Waals surface area (Å²) in [5, 5.41) is 4.40. The molecule has 6 rings (SSSR count). The maximum absolute atomic E-state index is 6.07. The number of benzene rings is 4. The third-order valence-electron chi connectivity index (χ3n) is 6.13. The van der Waals surface area contributed by atoms with Crippen molar-refractivity contribution in [2.24, 2.45) is 0 Å². The van der Waals surface area contributed by atoms with Gasteiger partial charge in [0.05, 0.1) is 18.1 Å². The predicted octanol–water partition coefficient (Wildman–Crippen LogP) is 6.92. The summed E-state index contributed by atoms with van der Waals surface area (Å²) in [4.78, 5) is 4.96. The number of anilines is 1. The molecular weight excluding hydrogens is 446 g/mol. The van der Waals surface area contributed by atoms with Crippen molar-refractivity contribution in [3.8, 4) is 22.9 Å². The number of aromatic nitrogens is 2. The first kappa shape index (κ1) is 20.6. The molecule has 0 amide bonds. The number of rotatable bonds is 5. The van der Waals surface area contributed by atoms with Gasteiger partial charge in [-0.3, -0.25) is 4.57 Å². The highest BCUT2D eigenvalue weighted by atomic mass is 35.5. The standard InChI is InChI=1S/C28H22ClN3O2/c1-33-26-16-19(12-15-25(26)34-17-18-10-13-20(29)14-11-18)27-30-22-7-3-2-6-21(22)28-31-23-8-4-5-9-24(23)32(27)28/h2-16,27,30H,17H2,1H3. The second kappa shape index (κ2) is 8.43. The van der Waals surface area contributed by atoms with Crippen molar-refractivity contribution in [2.45, 2.75) is 12.8 Å². The number of fused-ring (bicyclic) bond motifs is 5. The zero-order chi connectivity index (χ0) is 23.1. The summed E-state index contributed by atoms with van der Waals surface area (Å²) in [7, 11) is 1.66. The van der Waals surface area contributed by atoms with Gasteiger partial charge < -0.3 is 14.8 Å². The fourth-order valence-electron chi connectivity index (χ4n) is 4.46. The summed E-state index contributed by atoms with van der Waals surface area (Å²) >= 11 is 5.99. The van der Waals surface area contributed by atoms with Crippen molar-refractivity contribution in [3.05, 3.63) is 107 Å². The maximum atomic E-state index is 6.07. The van der Waals surface area contributed by atoms with Crippen LogP contribution in [0.5, 0.6) is 11.5 Å². The molecular formula is C28H22ClN3O2. The minimum atomic E-state index is -0.142. The molecule has 34 heavy (non-hydrogen) atoms. The third-order valence-corrected chi connectivity index (χ3v) is 6.38. The van der Waals surface area contributed by atoms with Gasteiger partial charge in [-0.05, 0) is 59.7 Å². The Bertz CT molecular complexity index is 1490. The van der Waals surface area contributed by atoms with Crippen LogP contribution in [0.25, 0.3) is 22.4 Å². The van der Waals surface area contributed by atoms with E-state index in [0.717, 1.165) is 39.2 Å². The smallest absolute Gasteiger partial charge is 0.161 e. The number of ether oxygens (including phenoxy) is 2. The number of imidazole rings is 1. The van der Waals surface area contributed by atoms with Crippen LogP contribution in [-0.2, 0) is 6.61 Å². The summed E-state index contributed by atoms with van der Waals surface area (Å²) in [6.45, 7) is 0.429. The molecule has 4 aromatic carbocycles. The number of para-hydroxylation sites is 3. The third kappa shape index (κ3) is 3.55. The second-order valence-corrected chi connectivity index (χ2v) is 8.65. The van der Waals surface area contributed by atoms with Crippen LogP contribution in [0.2, 0.25) is 5.02 Å². The fourth-order valence-corrected chi connectivity index (χ4v) is 4.59. The van der Waals surface area contributed by atoms with E-state index in [1.54, 1.807) is 7.11 Å². The molecule has 0 aliphatic carbocycles. The summed E-state index contributed by atoms with van der Waals surface area (Å²) < 4.78 is 14.0. The van der Waals surface area contributed by atoms with Crippen LogP contribution < -0.4 is 14.8 Å². The fraction of sp³-hybridized carbons (Fsp3) is 0.107. The Hall–Kier alpha value is -3.96. The van der Waals surface area contributed by atoms with Gasteiger partial charge in [0.1, 0.15) is 18.6 Å². The summed E-state index contributed by atoms with van der Waals surface area (Å²) in [5.41, 5.74) is 6.27. The molecule has 1 aromatic heterocycles. The van der Waals surface area contributed by atoms with Crippen molar-refractivity contribution < 1.29 is 9.47 Å². The molecule has 1 aliphatic rings. The topological polar surface area (TPSA) is 48.3 Å². The van der Waals surface area contributed by atoms with Crippen molar-refractivity contribution in [1.29, 1.82) is 0 Å². The van der Waals surface area contributed by atoms with E-state index in [1.165, 1.54) is 0 Å². The van der Waals surface area contributed by atoms with E-state index in [9.17, 15) is 0 Å². The molecule has 0 spiro atoms. The lowest BCUT2D eigenvalue weighted by molar-refractivity contribution is 0.284. The van der Waals surface area contributed by atoms with Crippen molar-refractivity contribution in [1.82, 2.24) is 9.55 Å². The molecule has 168 valence electrons. The van der Waals surface area contributed by atoms with E-state index in [1.807, 2.05) is 60.7 Å². The van der Waals surface area contributed by atoms with Crippen LogP contribution in [-0.4, -0.2) is 16.7 Å². The van der Waals surface area contributed by atoms with Crippen molar-refractivity contribution in [2.75, 3.05) is 12.4 Å². The van der Waals surface area contributed by atoms with E-state index >= 15 is 0 Å². The first-order valence-corrected chi connectivity index (χ1v) is 11.5. The van der Waals surface area contributed by atoms with E-state index in [-0.39, 0.29) is 6.17 Å². The van der Waals surface area contributed by atoms with Gasteiger partial charge in [-0.25, -0.2) is 4.98 Å². The Morgan fingerprint density at radius 1 is 0.912 bits per heavy atom. The largest absolute Gasteiger partial charge is 0.493 e. The van der Waals surface area contributed by atoms with Gasteiger partial charge in [0.2, 0.25) is 0 Å². The van der Waals surface area contributed by atoms with Gasteiger partial charge >= 0.3 is 0 Å². The lowest BCUT2D eigenvalue weighted by Gasteiger charge is -2.30. The number of hydrogen-bond donors (Lipinski definition) is 1. The Morgan fingerprint density at radius 2 is 1.71 bits per heavy atom. The molecule has 1 aliphatic heterocycles. The van der Waals surface area contributed by atoms with Gasteiger partial charge in [0.15, 0.2) is 11.5 Å². The second-order valence-electron chi connectivity index (χ2n) is 8.21. The Labute approximate surface area is 202 Å². The lowest BCUT2D eigenvalue weighted by atomic mass is 10.1. The van der Waals surface area contributed by atoms with Crippen LogP contribution in [0.15, 0.2) is 91.0 Å². The molecule has 0 bridgehead atoms. The zero-order valence-corrected chi connectivity index (χ0v) is 19.3. The van der Waals surface area contributed by atoms with Crippen LogP contribution in [0.1, 0.15) is 17.3 Å². The Balaban J connectivity index is 1.39. The highest BCUT2D eigenvalue weighted by Crippen LogP contribution is 2.42. The van der Waals surface area contributed by atoms with Gasteiger partial charge in [0.25, 0.3) is 0 Å². The van der Waals surface area contributed by atoms with Crippen LogP contribution in [0.4, 0.5) is 5.69 Å². The SMILES string of the molecule is COc1cc(C2Nc3ccccc3-c3nc4ccccc4n32)ccc1OCc1ccc(Cl)cc1. The number of hydrogen-bond acceptors (Lipinski definition) is 4. The molecule has 0 saturated heterocycles. The molecule has 5 aromatic rings. The van der Waals surface area contributed by atoms with Gasteiger partial charge in [-0.2, -0.15) is 0 Å². The maximum Gasteiger partial charge on any atom is 0.161 e. The summed E-state index contributed by atoms with van der Waals surface area (Å²) in [5.74, 6) is 2.31. The molecule has 0 saturated carbocycles. The van der Waals surface area contributed by atoms with Gasteiger partial charge in [-0.1, -0.05) is 54.1 Å². The molecule has 0 fully saturated rings. The van der Waals surface area contributed by atoms with Crippen LogP contribution in [0.3, 0.4) is 0 Å². The van der Waals surface area contributed by atoms with Crippen LogP contribution in [0, 0.1) is 0 Å². The van der Waals surface area contributed by atoms with E-state index in [0.29, 0.717) is 23.1 Å². The van der Waals surface area contributed by atoms with Crippen LogP contribution >= 0.6 is 11.6 Å². The van der Waals surface area contributed by atoms with Crippen molar-refractivity contribution >= 4 is 28.3 Å². The highest BCUT2D eigenvalue weighted by molar-refractivity contribution is 6.30. The highest BCUT2D eigenvalue weighted by Gasteiger charge is 2.28. The average Bonchev–Trinajstić information content (AvgIpc) is 3.28. The monoisotopic (exact) mass is 467 g/mol. The number of methoxy groups -OCH3 is 1. The Kier molecular flexibility index (Phi) is 5.12.